The fraction of sp³-hybridized carbons (Fsp3) is 0.938. The van der Waals surface area contributed by atoms with Gasteiger partial charge in [0.15, 0.2) is 0 Å². The van der Waals surface area contributed by atoms with Crippen LogP contribution in [0.15, 0.2) is 0 Å². The molecule has 0 unspecified atom stereocenters. The van der Waals surface area contributed by atoms with E-state index in [0.717, 1.165) is 17.8 Å². The van der Waals surface area contributed by atoms with E-state index < -0.39 is 0 Å². The van der Waals surface area contributed by atoms with Gasteiger partial charge in [-0.25, -0.2) is 0 Å². The monoisotopic (exact) mass is 251 g/mol. The molecule has 2 rings (SSSR count). The lowest BCUT2D eigenvalue weighted by atomic mass is 9.76. The summed E-state index contributed by atoms with van der Waals surface area (Å²) in [4.78, 5) is 0. The van der Waals surface area contributed by atoms with Crippen LogP contribution in [-0.4, -0.2) is 5.48 Å². The number of nitriles is 1. The van der Waals surface area contributed by atoms with Crippen molar-refractivity contribution >= 4 is 0 Å². The quantitative estimate of drug-likeness (QED) is 0.745. The predicted octanol–water partition coefficient (Wildman–Crippen LogP) is 4.10. The lowest BCUT2D eigenvalue weighted by molar-refractivity contribution is 0.235. The Hall–Kier alpha value is -0.550. The second-order valence-corrected chi connectivity index (χ2v) is 6.55. The van der Waals surface area contributed by atoms with E-state index in [2.05, 4.69) is 13.0 Å². The van der Waals surface area contributed by atoms with E-state index in [4.69, 9.17) is 5.26 Å². The van der Waals surface area contributed by atoms with Crippen LogP contribution >= 0.6 is 0 Å². The van der Waals surface area contributed by atoms with Crippen LogP contribution in [0.25, 0.3) is 0 Å². The van der Waals surface area contributed by atoms with Crippen LogP contribution < -0.4 is 0 Å². The van der Waals surface area contributed by atoms with Gasteiger partial charge in [-0.1, -0.05) is 45.4 Å². The third kappa shape index (κ3) is 4.61. The van der Waals surface area contributed by atoms with Crippen LogP contribution in [0.4, 0.5) is 0 Å². The first-order chi connectivity index (χ1) is 8.28. The van der Waals surface area contributed by atoms with Crippen LogP contribution in [0.1, 0.15) is 71.1 Å². The summed E-state index contributed by atoms with van der Waals surface area (Å²) in [5.74, 6) is 3.33. The summed E-state index contributed by atoms with van der Waals surface area (Å²) in [5.41, 5.74) is 0. The molecular weight excluding hydrogens is 222 g/mol. The van der Waals surface area contributed by atoms with Crippen LogP contribution in [0.5, 0.6) is 0 Å². The SMILES string of the molecule is CC1CCC(CCC2CCC(C#N)CC2)CC1.O. The zero-order chi connectivity index (χ0) is 12.1. The molecule has 2 fully saturated rings. The first-order valence-corrected chi connectivity index (χ1v) is 7.67. The zero-order valence-electron chi connectivity index (χ0n) is 11.8. The minimum Gasteiger partial charge on any atom is -0.412 e. The molecule has 2 aliphatic rings. The molecule has 0 heterocycles. The Labute approximate surface area is 112 Å². The van der Waals surface area contributed by atoms with Gasteiger partial charge in [0.2, 0.25) is 0 Å². The topological polar surface area (TPSA) is 55.3 Å². The van der Waals surface area contributed by atoms with Gasteiger partial charge in [-0.05, 0) is 43.4 Å². The molecule has 18 heavy (non-hydrogen) atoms. The molecule has 0 spiro atoms. The van der Waals surface area contributed by atoms with Crippen molar-refractivity contribution in [3.63, 3.8) is 0 Å². The second kappa shape index (κ2) is 7.79. The standard InChI is InChI=1S/C16H27N.H2O/c1-13-2-4-14(5-3-13)6-7-15-8-10-16(12-17)11-9-15;/h13-16H,2-11H2,1H3;1H2. The Morgan fingerprint density at radius 2 is 1.28 bits per heavy atom. The van der Waals surface area contributed by atoms with Crippen molar-refractivity contribution in [2.45, 2.75) is 71.1 Å². The third-order valence-electron chi connectivity index (χ3n) is 5.15. The maximum absolute atomic E-state index is 8.89. The van der Waals surface area contributed by atoms with Crippen LogP contribution in [-0.2, 0) is 0 Å². The van der Waals surface area contributed by atoms with Gasteiger partial charge in [0.1, 0.15) is 0 Å². The Balaban J connectivity index is 0.00000162. The van der Waals surface area contributed by atoms with Crippen molar-refractivity contribution in [1.82, 2.24) is 0 Å². The van der Waals surface area contributed by atoms with Crippen molar-refractivity contribution in [2.75, 3.05) is 0 Å². The van der Waals surface area contributed by atoms with Gasteiger partial charge in [0.25, 0.3) is 0 Å². The van der Waals surface area contributed by atoms with Gasteiger partial charge in [-0.15, -0.1) is 0 Å². The maximum Gasteiger partial charge on any atom is 0.0655 e. The fourth-order valence-electron chi connectivity index (χ4n) is 3.67. The van der Waals surface area contributed by atoms with E-state index in [1.165, 1.54) is 64.2 Å². The van der Waals surface area contributed by atoms with E-state index in [-0.39, 0.29) is 5.48 Å². The van der Waals surface area contributed by atoms with Crippen molar-refractivity contribution < 1.29 is 5.48 Å². The summed E-state index contributed by atoms with van der Waals surface area (Å²) in [7, 11) is 0. The van der Waals surface area contributed by atoms with Gasteiger partial charge in [-0.3, -0.25) is 0 Å². The van der Waals surface area contributed by atoms with Crippen molar-refractivity contribution in [3.8, 4) is 6.07 Å². The Kier molecular flexibility index (Phi) is 6.71. The Bertz CT molecular complexity index is 255. The molecular formula is C16H29NO. The molecule has 0 amide bonds. The highest BCUT2D eigenvalue weighted by Gasteiger charge is 2.23. The number of hydrogen-bond donors (Lipinski definition) is 0. The van der Waals surface area contributed by atoms with E-state index in [0.29, 0.717) is 5.92 Å². The van der Waals surface area contributed by atoms with Gasteiger partial charge < -0.3 is 5.48 Å². The summed E-state index contributed by atoms with van der Waals surface area (Å²) >= 11 is 0. The maximum atomic E-state index is 8.89. The summed E-state index contributed by atoms with van der Waals surface area (Å²) in [6.07, 6.45) is 13.8. The summed E-state index contributed by atoms with van der Waals surface area (Å²) in [6, 6.07) is 2.43. The first-order valence-electron chi connectivity index (χ1n) is 7.67. The van der Waals surface area contributed by atoms with E-state index in [1.54, 1.807) is 0 Å². The molecule has 0 atom stereocenters. The molecule has 0 aliphatic heterocycles. The van der Waals surface area contributed by atoms with Crippen molar-refractivity contribution in [2.24, 2.45) is 23.7 Å². The second-order valence-electron chi connectivity index (χ2n) is 6.55. The highest BCUT2D eigenvalue weighted by molar-refractivity contribution is 4.87. The third-order valence-corrected chi connectivity index (χ3v) is 5.15. The van der Waals surface area contributed by atoms with Crippen LogP contribution in [0.3, 0.4) is 0 Å². The molecule has 2 nitrogen and oxygen atoms in total. The molecule has 0 aromatic heterocycles. The lowest BCUT2D eigenvalue weighted by Crippen LogP contribution is -2.16. The molecule has 0 bridgehead atoms. The minimum absolute atomic E-state index is 0. The summed E-state index contributed by atoms with van der Waals surface area (Å²) in [6.45, 7) is 2.40. The van der Waals surface area contributed by atoms with Gasteiger partial charge in [0, 0.05) is 5.92 Å². The van der Waals surface area contributed by atoms with E-state index >= 15 is 0 Å². The zero-order valence-corrected chi connectivity index (χ0v) is 11.8. The molecule has 2 heteroatoms. The number of hydrogen-bond acceptors (Lipinski definition) is 1. The molecule has 0 aromatic rings. The summed E-state index contributed by atoms with van der Waals surface area (Å²) in [5, 5.41) is 8.89. The fourth-order valence-corrected chi connectivity index (χ4v) is 3.67. The molecule has 2 N–H and O–H groups in total. The van der Waals surface area contributed by atoms with Crippen LogP contribution in [0.2, 0.25) is 0 Å². The lowest BCUT2D eigenvalue weighted by Gasteiger charge is -2.29. The molecule has 2 saturated carbocycles. The first kappa shape index (κ1) is 15.5. The minimum atomic E-state index is 0. The average molecular weight is 251 g/mol. The smallest absolute Gasteiger partial charge is 0.0655 e. The Morgan fingerprint density at radius 1 is 0.833 bits per heavy atom. The number of rotatable bonds is 3. The Morgan fingerprint density at radius 3 is 1.72 bits per heavy atom. The molecule has 0 radical (unpaired) electrons. The number of nitrogens with zero attached hydrogens (tertiary/aromatic N) is 1. The van der Waals surface area contributed by atoms with Crippen LogP contribution in [0, 0.1) is 35.0 Å². The van der Waals surface area contributed by atoms with Crippen molar-refractivity contribution in [1.29, 1.82) is 5.26 Å². The van der Waals surface area contributed by atoms with Gasteiger partial charge in [0.05, 0.1) is 6.07 Å². The van der Waals surface area contributed by atoms with Gasteiger partial charge >= 0.3 is 0 Å². The molecule has 0 saturated heterocycles. The van der Waals surface area contributed by atoms with E-state index in [1.807, 2.05) is 0 Å². The molecule has 2 aliphatic carbocycles. The van der Waals surface area contributed by atoms with Gasteiger partial charge in [-0.2, -0.15) is 5.26 Å². The largest absolute Gasteiger partial charge is 0.412 e. The predicted molar refractivity (Wildman–Crippen MR) is 75.0 cm³/mol. The highest BCUT2D eigenvalue weighted by atomic mass is 16.0. The molecule has 104 valence electrons. The summed E-state index contributed by atoms with van der Waals surface area (Å²) < 4.78 is 0. The average Bonchev–Trinajstić information content (AvgIpc) is 2.39. The highest BCUT2D eigenvalue weighted by Crippen LogP contribution is 2.36. The van der Waals surface area contributed by atoms with Crippen molar-refractivity contribution in [3.05, 3.63) is 0 Å². The normalized spacial score (nSPS) is 36.4. The van der Waals surface area contributed by atoms with E-state index in [9.17, 15) is 0 Å². The molecule has 0 aromatic carbocycles.